The standard InChI is InChI=1S/C13H16ClN7/c1-19(8-11-15-4-5-20(11)2)7-10-17-12(14)9-6-16-21(3)13(9)18-10/h4-6H,7-8H2,1-3H3. The van der Waals surface area contributed by atoms with Crippen molar-refractivity contribution in [1.29, 1.82) is 0 Å². The Morgan fingerprint density at radius 1 is 1.24 bits per heavy atom. The number of hydrogen-bond acceptors (Lipinski definition) is 5. The lowest BCUT2D eigenvalue weighted by atomic mass is 10.4. The summed E-state index contributed by atoms with van der Waals surface area (Å²) in [7, 11) is 5.82. The fourth-order valence-corrected chi connectivity index (χ4v) is 2.42. The molecule has 7 nitrogen and oxygen atoms in total. The van der Waals surface area contributed by atoms with Gasteiger partial charge >= 0.3 is 0 Å². The van der Waals surface area contributed by atoms with E-state index in [9.17, 15) is 0 Å². The Balaban J connectivity index is 1.81. The first kappa shape index (κ1) is 14.0. The number of fused-ring (bicyclic) bond motifs is 1. The average molecular weight is 306 g/mol. The molecule has 0 bridgehead atoms. The summed E-state index contributed by atoms with van der Waals surface area (Å²) in [5.41, 5.74) is 0.746. The second-order valence-electron chi connectivity index (χ2n) is 5.06. The first-order chi connectivity index (χ1) is 10.0. The van der Waals surface area contributed by atoms with Crippen molar-refractivity contribution in [2.24, 2.45) is 14.1 Å². The zero-order chi connectivity index (χ0) is 15.0. The molecule has 0 unspecified atom stereocenters. The van der Waals surface area contributed by atoms with E-state index in [1.165, 1.54) is 0 Å². The third kappa shape index (κ3) is 2.74. The van der Waals surface area contributed by atoms with Crippen molar-refractivity contribution < 1.29 is 0 Å². The quantitative estimate of drug-likeness (QED) is 0.681. The molecule has 3 heterocycles. The number of nitrogens with zero attached hydrogens (tertiary/aromatic N) is 7. The van der Waals surface area contributed by atoms with Crippen LogP contribution in [0.15, 0.2) is 18.6 Å². The summed E-state index contributed by atoms with van der Waals surface area (Å²) in [5, 5.41) is 5.36. The van der Waals surface area contributed by atoms with Crippen LogP contribution in [0.25, 0.3) is 11.0 Å². The molecule has 3 aromatic heterocycles. The van der Waals surface area contributed by atoms with E-state index in [-0.39, 0.29) is 0 Å². The smallest absolute Gasteiger partial charge is 0.162 e. The number of aromatic nitrogens is 6. The Labute approximate surface area is 127 Å². The van der Waals surface area contributed by atoms with E-state index >= 15 is 0 Å². The van der Waals surface area contributed by atoms with Gasteiger partial charge in [0.05, 0.1) is 24.7 Å². The largest absolute Gasteiger partial charge is 0.337 e. The maximum atomic E-state index is 6.19. The van der Waals surface area contributed by atoms with Crippen molar-refractivity contribution in [2.75, 3.05) is 7.05 Å². The second-order valence-corrected chi connectivity index (χ2v) is 5.42. The molecule has 0 radical (unpaired) electrons. The second kappa shape index (κ2) is 5.42. The maximum absolute atomic E-state index is 6.19. The third-order valence-corrected chi connectivity index (χ3v) is 3.62. The summed E-state index contributed by atoms with van der Waals surface area (Å²) >= 11 is 6.19. The van der Waals surface area contributed by atoms with E-state index in [0.29, 0.717) is 24.1 Å². The molecule has 0 N–H and O–H groups in total. The van der Waals surface area contributed by atoms with Crippen LogP contribution < -0.4 is 0 Å². The van der Waals surface area contributed by atoms with Crippen LogP contribution in [0, 0.1) is 0 Å². The molecule has 0 spiro atoms. The summed E-state index contributed by atoms with van der Waals surface area (Å²) < 4.78 is 3.69. The highest BCUT2D eigenvalue weighted by atomic mass is 35.5. The Bertz CT molecular complexity index is 776. The summed E-state index contributed by atoms with van der Waals surface area (Å²) in [6, 6.07) is 0. The highest BCUT2D eigenvalue weighted by Crippen LogP contribution is 2.19. The molecular weight excluding hydrogens is 290 g/mol. The number of rotatable bonds is 4. The summed E-state index contributed by atoms with van der Waals surface area (Å²) in [5.74, 6) is 1.66. The lowest BCUT2D eigenvalue weighted by Gasteiger charge is -2.15. The molecule has 0 aliphatic heterocycles. The predicted octanol–water partition coefficient (Wildman–Crippen LogP) is 1.38. The van der Waals surface area contributed by atoms with Gasteiger partial charge in [-0.05, 0) is 7.05 Å². The molecule has 110 valence electrons. The van der Waals surface area contributed by atoms with Crippen LogP contribution in [0.3, 0.4) is 0 Å². The van der Waals surface area contributed by atoms with Gasteiger partial charge in [-0.25, -0.2) is 15.0 Å². The Morgan fingerprint density at radius 2 is 2.05 bits per heavy atom. The summed E-state index contributed by atoms with van der Waals surface area (Å²) in [6.07, 6.45) is 5.40. The van der Waals surface area contributed by atoms with Crippen molar-refractivity contribution in [2.45, 2.75) is 13.1 Å². The van der Waals surface area contributed by atoms with E-state index in [0.717, 1.165) is 16.9 Å². The van der Waals surface area contributed by atoms with Crippen molar-refractivity contribution in [3.8, 4) is 0 Å². The minimum absolute atomic E-state index is 0.438. The first-order valence-electron chi connectivity index (χ1n) is 6.53. The van der Waals surface area contributed by atoms with E-state index in [1.807, 2.05) is 31.9 Å². The van der Waals surface area contributed by atoms with Gasteiger partial charge in [-0.3, -0.25) is 9.58 Å². The molecule has 0 amide bonds. The molecule has 0 aliphatic carbocycles. The van der Waals surface area contributed by atoms with Crippen LogP contribution in [0.4, 0.5) is 0 Å². The Kier molecular flexibility index (Phi) is 3.60. The highest BCUT2D eigenvalue weighted by Gasteiger charge is 2.12. The lowest BCUT2D eigenvalue weighted by Crippen LogP contribution is -2.21. The van der Waals surface area contributed by atoms with Crippen molar-refractivity contribution in [3.63, 3.8) is 0 Å². The Morgan fingerprint density at radius 3 is 2.76 bits per heavy atom. The molecule has 0 fully saturated rings. The monoisotopic (exact) mass is 305 g/mol. The molecule has 0 saturated carbocycles. The number of aryl methyl sites for hydroxylation is 2. The van der Waals surface area contributed by atoms with Gasteiger partial charge in [-0.1, -0.05) is 11.6 Å². The van der Waals surface area contributed by atoms with E-state index in [1.54, 1.807) is 17.1 Å². The molecule has 0 aromatic carbocycles. The zero-order valence-corrected chi connectivity index (χ0v) is 12.9. The fraction of sp³-hybridized carbons (Fsp3) is 0.385. The van der Waals surface area contributed by atoms with Gasteiger partial charge in [-0.15, -0.1) is 0 Å². The normalized spacial score (nSPS) is 11.7. The summed E-state index contributed by atoms with van der Waals surface area (Å²) in [4.78, 5) is 15.3. The van der Waals surface area contributed by atoms with Crippen molar-refractivity contribution in [1.82, 2.24) is 34.2 Å². The number of imidazole rings is 1. The van der Waals surface area contributed by atoms with Crippen molar-refractivity contribution >= 4 is 22.6 Å². The van der Waals surface area contributed by atoms with E-state index in [4.69, 9.17) is 11.6 Å². The molecule has 3 rings (SSSR count). The van der Waals surface area contributed by atoms with Gasteiger partial charge < -0.3 is 4.57 Å². The van der Waals surface area contributed by atoms with Crippen LogP contribution in [0.2, 0.25) is 5.15 Å². The molecule has 8 heteroatoms. The molecule has 21 heavy (non-hydrogen) atoms. The minimum atomic E-state index is 0.438. The molecule has 0 aliphatic rings. The fourth-order valence-electron chi connectivity index (χ4n) is 2.19. The van der Waals surface area contributed by atoms with E-state index in [2.05, 4.69) is 25.0 Å². The first-order valence-corrected chi connectivity index (χ1v) is 6.91. The van der Waals surface area contributed by atoms with Gasteiger partial charge in [0.15, 0.2) is 5.65 Å². The van der Waals surface area contributed by atoms with Crippen molar-refractivity contribution in [3.05, 3.63) is 35.4 Å². The van der Waals surface area contributed by atoms with Gasteiger partial charge in [-0.2, -0.15) is 5.10 Å². The SMILES string of the molecule is CN(Cc1nc(Cl)c2cnn(C)c2n1)Cc1nccn1C. The maximum Gasteiger partial charge on any atom is 0.162 e. The van der Waals surface area contributed by atoms with E-state index < -0.39 is 0 Å². The van der Waals surface area contributed by atoms with Crippen LogP contribution in [-0.4, -0.2) is 41.2 Å². The zero-order valence-electron chi connectivity index (χ0n) is 12.2. The lowest BCUT2D eigenvalue weighted by molar-refractivity contribution is 0.299. The van der Waals surface area contributed by atoms with Gasteiger partial charge in [0.1, 0.15) is 16.8 Å². The minimum Gasteiger partial charge on any atom is -0.337 e. The predicted molar refractivity (Wildman–Crippen MR) is 79.7 cm³/mol. The van der Waals surface area contributed by atoms with Crippen LogP contribution in [0.5, 0.6) is 0 Å². The van der Waals surface area contributed by atoms with Gasteiger partial charge in [0.25, 0.3) is 0 Å². The van der Waals surface area contributed by atoms with Crippen LogP contribution in [0.1, 0.15) is 11.6 Å². The topological polar surface area (TPSA) is 64.7 Å². The molecule has 0 atom stereocenters. The van der Waals surface area contributed by atoms with Gasteiger partial charge in [0.2, 0.25) is 0 Å². The third-order valence-electron chi connectivity index (χ3n) is 3.34. The molecular formula is C13H16ClN7. The summed E-state index contributed by atoms with van der Waals surface area (Å²) in [6.45, 7) is 1.31. The van der Waals surface area contributed by atoms with Crippen LogP contribution in [-0.2, 0) is 27.2 Å². The highest BCUT2D eigenvalue weighted by molar-refractivity contribution is 6.33. The average Bonchev–Trinajstić information content (AvgIpc) is 2.98. The molecule has 0 saturated heterocycles. The number of hydrogen-bond donors (Lipinski definition) is 0. The molecule has 3 aromatic rings. The number of halogens is 1. The van der Waals surface area contributed by atoms with Crippen LogP contribution >= 0.6 is 11.6 Å². The Hall–Kier alpha value is -1.99. The van der Waals surface area contributed by atoms with Gasteiger partial charge in [0, 0.05) is 26.5 Å².